The molecule has 1 spiro atoms. The summed E-state index contributed by atoms with van der Waals surface area (Å²) in [6.45, 7) is 3.49. The molecule has 0 aromatic carbocycles. The van der Waals surface area contributed by atoms with Crippen molar-refractivity contribution in [3.8, 4) is 5.88 Å². The summed E-state index contributed by atoms with van der Waals surface area (Å²) in [5.41, 5.74) is 5.44. The van der Waals surface area contributed by atoms with Crippen LogP contribution >= 0.6 is 0 Å². The fourth-order valence-corrected chi connectivity index (χ4v) is 3.71. The number of piperidine rings is 1. The summed E-state index contributed by atoms with van der Waals surface area (Å²) in [6, 6.07) is 1.77. The van der Waals surface area contributed by atoms with Gasteiger partial charge in [-0.25, -0.2) is 0 Å². The molecule has 0 bridgehead atoms. The molecule has 0 aliphatic carbocycles. The van der Waals surface area contributed by atoms with Crippen LogP contribution in [0.1, 0.15) is 19.3 Å². The molecule has 2 fully saturated rings. The van der Waals surface area contributed by atoms with E-state index in [0.717, 1.165) is 38.2 Å². The fraction of sp³-hybridized carbons (Fsp3) is 0.688. The molecule has 3 heterocycles. The normalized spacial score (nSPS) is 24.0. The van der Waals surface area contributed by atoms with E-state index < -0.39 is 0 Å². The number of nitrogen functional groups attached to an aromatic ring is 1. The number of nitrogens with two attached hydrogens (primary N) is 1. The summed E-state index contributed by atoms with van der Waals surface area (Å²) in [5, 5.41) is 0. The van der Waals surface area contributed by atoms with Crippen LogP contribution in [0.25, 0.3) is 0 Å². The summed E-state index contributed by atoms with van der Waals surface area (Å²) in [6.07, 6.45) is 2.78. The van der Waals surface area contributed by atoms with Crippen LogP contribution in [-0.4, -0.2) is 67.8 Å². The van der Waals surface area contributed by atoms with E-state index in [1.54, 1.807) is 20.3 Å². The number of anilines is 2. The van der Waals surface area contributed by atoms with Crippen molar-refractivity contribution < 1.29 is 14.3 Å². The van der Waals surface area contributed by atoms with Gasteiger partial charge in [0, 0.05) is 39.4 Å². The Morgan fingerprint density at radius 3 is 2.88 bits per heavy atom. The average molecular weight is 335 g/mol. The third kappa shape index (κ3) is 3.10. The Bertz CT molecular complexity index is 611. The summed E-state index contributed by atoms with van der Waals surface area (Å²) in [4.78, 5) is 25.3. The predicted octanol–water partition coefficient (Wildman–Crippen LogP) is 0.533. The Hall–Kier alpha value is -2.09. The van der Waals surface area contributed by atoms with Crippen molar-refractivity contribution in [1.29, 1.82) is 0 Å². The third-order valence-corrected chi connectivity index (χ3v) is 4.98. The van der Waals surface area contributed by atoms with Gasteiger partial charge in [-0.05, 0) is 19.3 Å². The Balaban J connectivity index is 1.76. The predicted molar refractivity (Wildman–Crippen MR) is 89.9 cm³/mol. The van der Waals surface area contributed by atoms with Gasteiger partial charge in [-0.2, -0.15) is 9.97 Å². The molecule has 2 N–H and O–H groups in total. The number of ether oxygens (including phenoxy) is 2. The lowest BCUT2D eigenvalue weighted by molar-refractivity contribution is -0.145. The van der Waals surface area contributed by atoms with Gasteiger partial charge < -0.3 is 25.0 Å². The second-order valence-corrected chi connectivity index (χ2v) is 6.47. The first kappa shape index (κ1) is 16.8. The zero-order chi connectivity index (χ0) is 17.2. The second-order valence-electron chi connectivity index (χ2n) is 6.47. The van der Waals surface area contributed by atoms with E-state index in [9.17, 15) is 4.79 Å². The Kier molecular flexibility index (Phi) is 4.75. The van der Waals surface area contributed by atoms with Crippen molar-refractivity contribution in [2.45, 2.75) is 19.3 Å². The number of hydrogen-bond donors (Lipinski definition) is 1. The summed E-state index contributed by atoms with van der Waals surface area (Å²) >= 11 is 0. The molecule has 1 atom stereocenters. The van der Waals surface area contributed by atoms with Crippen LogP contribution in [-0.2, 0) is 9.53 Å². The number of amides is 1. The number of nitrogens with zero attached hydrogens (tertiary/aromatic N) is 4. The van der Waals surface area contributed by atoms with E-state index in [1.807, 2.05) is 4.90 Å². The van der Waals surface area contributed by atoms with E-state index in [2.05, 4.69) is 14.9 Å². The molecule has 8 heteroatoms. The third-order valence-electron chi connectivity index (χ3n) is 4.98. The number of methoxy groups -OCH3 is 2. The minimum atomic E-state index is -0.320. The first-order valence-corrected chi connectivity index (χ1v) is 8.30. The fourth-order valence-electron chi connectivity index (χ4n) is 3.71. The van der Waals surface area contributed by atoms with Gasteiger partial charge in [-0.1, -0.05) is 0 Å². The van der Waals surface area contributed by atoms with Crippen molar-refractivity contribution >= 4 is 17.7 Å². The van der Waals surface area contributed by atoms with Gasteiger partial charge in [0.1, 0.15) is 5.82 Å². The maximum Gasteiger partial charge on any atom is 0.230 e. The highest BCUT2D eigenvalue weighted by Crippen LogP contribution is 2.41. The highest BCUT2D eigenvalue weighted by Gasteiger charge is 2.48. The van der Waals surface area contributed by atoms with E-state index in [4.69, 9.17) is 15.2 Å². The molecule has 0 saturated carbocycles. The monoisotopic (exact) mass is 335 g/mol. The number of rotatable bonds is 5. The molecule has 1 aromatic rings. The largest absolute Gasteiger partial charge is 0.481 e. The summed E-state index contributed by atoms with van der Waals surface area (Å²) < 4.78 is 10.3. The smallest absolute Gasteiger partial charge is 0.230 e. The number of aromatic nitrogens is 2. The number of hydrogen-bond acceptors (Lipinski definition) is 7. The van der Waals surface area contributed by atoms with Crippen LogP contribution in [0.15, 0.2) is 6.07 Å². The molecule has 2 aliphatic heterocycles. The molecule has 132 valence electrons. The maximum absolute atomic E-state index is 13.0. The minimum absolute atomic E-state index is 0.182. The number of carbonyl (C=O) groups excluding carboxylic acids is 1. The zero-order valence-corrected chi connectivity index (χ0v) is 14.3. The highest BCUT2D eigenvalue weighted by atomic mass is 16.5. The molecule has 0 unspecified atom stereocenters. The van der Waals surface area contributed by atoms with Crippen LogP contribution in [0.3, 0.4) is 0 Å². The molecule has 8 nitrogen and oxygen atoms in total. The molecular weight excluding hydrogens is 310 g/mol. The SMILES string of the molecule is COCCN1CCC[C@@]2(CCN(c3cc(OC)nc(N)n3)C2)C1=O. The highest BCUT2D eigenvalue weighted by molar-refractivity contribution is 5.85. The minimum Gasteiger partial charge on any atom is -0.481 e. The molecule has 24 heavy (non-hydrogen) atoms. The second kappa shape index (κ2) is 6.80. The van der Waals surface area contributed by atoms with Gasteiger partial charge in [0.25, 0.3) is 0 Å². The molecule has 2 saturated heterocycles. The van der Waals surface area contributed by atoms with Gasteiger partial charge in [0.2, 0.25) is 17.7 Å². The van der Waals surface area contributed by atoms with Crippen LogP contribution < -0.4 is 15.4 Å². The molecule has 0 radical (unpaired) electrons. The molecule has 1 amide bonds. The van der Waals surface area contributed by atoms with Crippen LogP contribution in [0.5, 0.6) is 5.88 Å². The van der Waals surface area contributed by atoms with E-state index in [1.165, 1.54) is 0 Å². The Morgan fingerprint density at radius 1 is 1.29 bits per heavy atom. The van der Waals surface area contributed by atoms with E-state index in [-0.39, 0.29) is 17.3 Å². The van der Waals surface area contributed by atoms with E-state index >= 15 is 0 Å². The Morgan fingerprint density at radius 2 is 2.12 bits per heavy atom. The maximum atomic E-state index is 13.0. The lowest BCUT2D eigenvalue weighted by atomic mass is 9.78. The van der Waals surface area contributed by atoms with Crippen molar-refractivity contribution in [2.75, 3.05) is 57.6 Å². The van der Waals surface area contributed by atoms with Crippen molar-refractivity contribution in [1.82, 2.24) is 14.9 Å². The van der Waals surface area contributed by atoms with Gasteiger partial charge in [-0.15, -0.1) is 0 Å². The first-order chi connectivity index (χ1) is 11.6. The first-order valence-electron chi connectivity index (χ1n) is 8.30. The van der Waals surface area contributed by atoms with Crippen molar-refractivity contribution in [3.05, 3.63) is 6.07 Å². The number of likely N-dealkylation sites (tertiary alicyclic amines) is 1. The molecule has 3 rings (SSSR count). The van der Waals surface area contributed by atoms with E-state index in [0.29, 0.717) is 25.6 Å². The average Bonchev–Trinajstić information content (AvgIpc) is 3.01. The quantitative estimate of drug-likeness (QED) is 0.839. The van der Waals surface area contributed by atoms with Crippen LogP contribution in [0.4, 0.5) is 11.8 Å². The summed E-state index contributed by atoms with van der Waals surface area (Å²) in [7, 11) is 3.21. The van der Waals surface area contributed by atoms with Gasteiger partial charge >= 0.3 is 0 Å². The van der Waals surface area contributed by atoms with Crippen LogP contribution in [0.2, 0.25) is 0 Å². The molecular formula is C16H25N5O3. The van der Waals surface area contributed by atoms with Crippen LogP contribution in [0, 0.1) is 5.41 Å². The van der Waals surface area contributed by atoms with Gasteiger partial charge in [0.05, 0.1) is 19.1 Å². The standard InChI is InChI=1S/C16H25N5O3/c1-23-9-8-20-6-3-4-16(14(20)22)5-7-21(11-16)12-10-13(24-2)19-15(17)18-12/h10H,3-9,11H2,1-2H3,(H2,17,18,19)/t16-/m0/s1. The molecule has 2 aliphatic rings. The lowest BCUT2D eigenvalue weighted by Crippen LogP contribution is -2.51. The van der Waals surface area contributed by atoms with Gasteiger partial charge in [0.15, 0.2) is 0 Å². The van der Waals surface area contributed by atoms with Crippen molar-refractivity contribution in [3.63, 3.8) is 0 Å². The lowest BCUT2D eigenvalue weighted by Gasteiger charge is -2.39. The number of carbonyl (C=O) groups is 1. The Labute approximate surface area is 141 Å². The zero-order valence-electron chi connectivity index (χ0n) is 14.3. The van der Waals surface area contributed by atoms with Gasteiger partial charge in [-0.3, -0.25) is 4.79 Å². The van der Waals surface area contributed by atoms with Crippen molar-refractivity contribution in [2.24, 2.45) is 5.41 Å². The topological polar surface area (TPSA) is 93.8 Å². The molecule has 1 aromatic heterocycles. The summed E-state index contributed by atoms with van der Waals surface area (Å²) in [5.74, 6) is 1.58.